The predicted octanol–water partition coefficient (Wildman–Crippen LogP) is 2.03. The molecule has 1 aliphatic rings. The van der Waals surface area contributed by atoms with E-state index in [1.807, 2.05) is 18.7 Å². The molecule has 0 saturated carbocycles. The third kappa shape index (κ3) is 3.24. The van der Waals surface area contributed by atoms with Crippen molar-refractivity contribution in [3.63, 3.8) is 0 Å². The Balaban J connectivity index is 1.78. The Morgan fingerprint density at radius 1 is 1.38 bits per heavy atom. The van der Waals surface area contributed by atoms with Crippen LogP contribution < -0.4 is 5.32 Å². The topological polar surface area (TPSA) is 76.7 Å². The maximum atomic E-state index is 5.48. The van der Waals surface area contributed by atoms with Crippen LogP contribution in [-0.2, 0) is 0 Å². The van der Waals surface area contributed by atoms with Gasteiger partial charge in [0.2, 0.25) is 11.7 Å². The van der Waals surface area contributed by atoms with Crippen molar-refractivity contribution in [3.8, 4) is 11.5 Å². The minimum atomic E-state index is 0.283. The zero-order valence-corrected chi connectivity index (χ0v) is 13.1. The summed E-state index contributed by atoms with van der Waals surface area (Å²) in [5.41, 5.74) is 0.709. The minimum absolute atomic E-state index is 0.283. The van der Waals surface area contributed by atoms with Crippen LogP contribution in [0.1, 0.15) is 31.0 Å². The molecule has 1 fully saturated rings. The van der Waals surface area contributed by atoms with Crippen LogP contribution in [0.15, 0.2) is 16.8 Å². The van der Waals surface area contributed by atoms with E-state index in [1.54, 1.807) is 12.3 Å². The Hall–Kier alpha value is -1.47. The van der Waals surface area contributed by atoms with Crippen LogP contribution in [0.25, 0.3) is 11.5 Å². The molecule has 3 heterocycles. The second kappa shape index (κ2) is 6.53. The molecule has 0 aliphatic carbocycles. The van der Waals surface area contributed by atoms with Crippen LogP contribution in [0.5, 0.6) is 0 Å². The normalized spacial score (nSPS) is 21.8. The van der Waals surface area contributed by atoms with Crippen molar-refractivity contribution in [1.82, 2.24) is 25.4 Å². The van der Waals surface area contributed by atoms with Crippen LogP contribution in [-0.4, -0.2) is 44.2 Å². The van der Waals surface area contributed by atoms with E-state index >= 15 is 0 Å². The van der Waals surface area contributed by atoms with E-state index < -0.39 is 0 Å². The highest BCUT2D eigenvalue weighted by Crippen LogP contribution is 2.32. The van der Waals surface area contributed by atoms with E-state index in [0.29, 0.717) is 29.3 Å². The van der Waals surface area contributed by atoms with Crippen LogP contribution in [0.2, 0.25) is 0 Å². The third-order valence-corrected chi connectivity index (χ3v) is 4.69. The first-order valence-electron chi connectivity index (χ1n) is 7.22. The zero-order valence-electron chi connectivity index (χ0n) is 12.2. The van der Waals surface area contributed by atoms with E-state index in [2.05, 4.69) is 32.3 Å². The second-order valence-electron chi connectivity index (χ2n) is 5.15. The fraction of sp³-hybridized carbons (Fsp3) is 0.571. The lowest BCUT2D eigenvalue weighted by atomic mass is 10.0. The molecule has 0 bridgehead atoms. The maximum absolute atomic E-state index is 5.48. The van der Waals surface area contributed by atoms with Crippen LogP contribution in [0.4, 0.5) is 0 Å². The summed E-state index contributed by atoms with van der Waals surface area (Å²) in [4.78, 5) is 13.0. The van der Waals surface area contributed by atoms with Crippen LogP contribution in [0.3, 0.4) is 0 Å². The molecule has 6 nitrogen and oxygen atoms in total. The summed E-state index contributed by atoms with van der Waals surface area (Å²) in [6.45, 7) is 5.04. The number of hydrogen-bond donors (Lipinski definition) is 1. The second-order valence-corrected chi connectivity index (χ2v) is 6.22. The molecule has 2 unspecified atom stereocenters. The molecule has 1 aliphatic heterocycles. The van der Waals surface area contributed by atoms with Gasteiger partial charge >= 0.3 is 0 Å². The molecular weight excluding hydrogens is 286 g/mol. The van der Waals surface area contributed by atoms with Gasteiger partial charge < -0.3 is 9.84 Å². The Kier molecular flexibility index (Phi) is 4.50. The van der Waals surface area contributed by atoms with Gasteiger partial charge in [0.25, 0.3) is 0 Å². The summed E-state index contributed by atoms with van der Waals surface area (Å²) in [6, 6.07) is 2.22. The molecule has 1 N–H and O–H groups in total. The van der Waals surface area contributed by atoms with Gasteiger partial charge in [0.15, 0.2) is 0 Å². The van der Waals surface area contributed by atoms with E-state index in [0.717, 1.165) is 24.5 Å². The summed E-state index contributed by atoms with van der Waals surface area (Å²) >= 11 is 1.93. The molecule has 0 aromatic carbocycles. The number of hydrogen-bond acceptors (Lipinski definition) is 7. The maximum Gasteiger partial charge on any atom is 0.232 e. The van der Waals surface area contributed by atoms with Crippen molar-refractivity contribution in [3.05, 3.63) is 24.0 Å². The summed E-state index contributed by atoms with van der Waals surface area (Å²) in [7, 11) is 0. The monoisotopic (exact) mass is 305 g/mol. The Labute approximate surface area is 128 Å². The van der Waals surface area contributed by atoms with Gasteiger partial charge in [-0.2, -0.15) is 16.7 Å². The number of aryl methyl sites for hydroxylation is 1. The smallest absolute Gasteiger partial charge is 0.232 e. The third-order valence-electron chi connectivity index (χ3n) is 3.50. The summed E-state index contributed by atoms with van der Waals surface area (Å²) in [5.74, 6) is 4.35. The minimum Gasteiger partial charge on any atom is -0.339 e. The molecule has 0 amide bonds. The van der Waals surface area contributed by atoms with Gasteiger partial charge in [0, 0.05) is 23.7 Å². The highest BCUT2D eigenvalue weighted by Gasteiger charge is 2.33. The number of rotatable bonds is 5. The van der Waals surface area contributed by atoms with Gasteiger partial charge in [-0.1, -0.05) is 12.1 Å². The molecule has 0 spiro atoms. The first kappa shape index (κ1) is 14.5. The first-order valence-corrected chi connectivity index (χ1v) is 8.38. The first-order chi connectivity index (χ1) is 10.3. The van der Waals surface area contributed by atoms with Gasteiger partial charge in [0.05, 0.1) is 5.92 Å². The SMILES string of the molecule is CCCNC1CSCC1c1nc(-c2ccnc(C)n2)no1. The number of nitrogens with zero attached hydrogens (tertiary/aromatic N) is 4. The van der Waals surface area contributed by atoms with Gasteiger partial charge in [-0.15, -0.1) is 0 Å². The predicted molar refractivity (Wildman–Crippen MR) is 82.2 cm³/mol. The van der Waals surface area contributed by atoms with Crippen molar-refractivity contribution in [2.45, 2.75) is 32.2 Å². The van der Waals surface area contributed by atoms with E-state index in [1.165, 1.54) is 0 Å². The lowest BCUT2D eigenvalue weighted by Crippen LogP contribution is -2.34. The Morgan fingerprint density at radius 2 is 2.29 bits per heavy atom. The quantitative estimate of drug-likeness (QED) is 0.905. The standard InChI is InChI=1S/C14H19N5OS/c1-3-5-16-12-8-21-7-10(12)14-18-13(19-20-14)11-4-6-15-9(2)17-11/h4,6,10,12,16H,3,5,7-8H2,1-2H3. The molecule has 3 rings (SSSR count). The summed E-state index contributed by atoms with van der Waals surface area (Å²) in [5, 5.41) is 7.64. The van der Waals surface area contributed by atoms with Crippen molar-refractivity contribution in [2.75, 3.05) is 18.1 Å². The Morgan fingerprint density at radius 3 is 3.10 bits per heavy atom. The van der Waals surface area contributed by atoms with Gasteiger partial charge in [-0.3, -0.25) is 0 Å². The van der Waals surface area contributed by atoms with Gasteiger partial charge in [0.1, 0.15) is 11.5 Å². The van der Waals surface area contributed by atoms with Gasteiger partial charge in [-0.25, -0.2) is 9.97 Å². The van der Waals surface area contributed by atoms with Crippen LogP contribution >= 0.6 is 11.8 Å². The lowest BCUT2D eigenvalue weighted by Gasteiger charge is -2.16. The largest absolute Gasteiger partial charge is 0.339 e. The molecule has 7 heteroatoms. The highest BCUT2D eigenvalue weighted by molar-refractivity contribution is 7.99. The highest BCUT2D eigenvalue weighted by atomic mass is 32.2. The molecule has 2 aromatic rings. The van der Waals surface area contributed by atoms with E-state index in [-0.39, 0.29) is 5.92 Å². The summed E-state index contributed by atoms with van der Waals surface area (Å²) in [6.07, 6.45) is 2.84. The van der Waals surface area contributed by atoms with E-state index in [9.17, 15) is 0 Å². The average Bonchev–Trinajstić information content (AvgIpc) is 3.13. The van der Waals surface area contributed by atoms with E-state index in [4.69, 9.17) is 4.52 Å². The fourth-order valence-corrected chi connectivity index (χ4v) is 3.77. The summed E-state index contributed by atoms with van der Waals surface area (Å²) < 4.78 is 5.48. The molecular formula is C14H19N5OS. The van der Waals surface area contributed by atoms with Crippen molar-refractivity contribution < 1.29 is 4.52 Å². The number of nitrogens with one attached hydrogen (secondary N) is 1. The fourth-order valence-electron chi connectivity index (χ4n) is 2.40. The van der Waals surface area contributed by atoms with Crippen molar-refractivity contribution in [1.29, 1.82) is 0 Å². The molecule has 21 heavy (non-hydrogen) atoms. The van der Waals surface area contributed by atoms with Crippen LogP contribution in [0, 0.1) is 6.92 Å². The van der Waals surface area contributed by atoms with Gasteiger partial charge in [-0.05, 0) is 26.0 Å². The lowest BCUT2D eigenvalue weighted by molar-refractivity contribution is 0.339. The average molecular weight is 305 g/mol. The Bertz CT molecular complexity index is 603. The zero-order chi connectivity index (χ0) is 14.7. The number of thioether (sulfide) groups is 1. The molecule has 112 valence electrons. The molecule has 2 aromatic heterocycles. The molecule has 2 atom stereocenters. The molecule has 1 saturated heterocycles. The van der Waals surface area contributed by atoms with Crippen molar-refractivity contribution in [2.24, 2.45) is 0 Å². The number of aromatic nitrogens is 4. The van der Waals surface area contributed by atoms with Crippen molar-refractivity contribution >= 4 is 11.8 Å². The molecule has 0 radical (unpaired) electrons.